The molecular weight excluding hydrogens is 293 g/mol. The summed E-state index contributed by atoms with van der Waals surface area (Å²) >= 11 is 0. The van der Waals surface area contributed by atoms with E-state index in [2.05, 4.69) is 4.72 Å². The second-order valence-electron chi connectivity index (χ2n) is 4.76. The molecule has 4 nitrogen and oxygen atoms in total. The van der Waals surface area contributed by atoms with E-state index < -0.39 is 21.9 Å². The van der Waals surface area contributed by atoms with Crippen LogP contribution < -0.4 is 4.72 Å². The molecule has 0 aliphatic rings. The number of rotatable bonds is 4. The number of hydrogen-bond donors (Lipinski definition) is 2. The Morgan fingerprint density at radius 2 is 1.76 bits per heavy atom. The molecule has 2 N–H and O–H groups in total. The largest absolute Gasteiger partial charge is 0.389 e. The molecule has 0 radical (unpaired) electrons. The van der Waals surface area contributed by atoms with Crippen LogP contribution in [-0.4, -0.2) is 13.5 Å². The number of aliphatic hydroxyl groups excluding tert-OH is 1. The Kier molecular flexibility index (Phi) is 4.29. The summed E-state index contributed by atoms with van der Waals surface area (Å²) in [6.07, 6.45) is -0.667. The lowest BCUT2D eigenvalue weighted by Crippen LogP contribution is -2.14. The number of halogens is 1. The van der Waals surface area contributed by atoms with Crippen LogP contribution >= 0.6 is 0 Å². The van der Waals surface area contributed by atoms with Gasteiger partial charge in [-0.15, -0.1) is 0 Å². The molecule has 2 aromatic rings. The molecule has 21 heavy (non-hydrogen) atoms. The highest BCUT2D eigenvalue weighted by Crippen LogP contribution is 2.22. The predicted octanol–water partition coefficient (Wildman–Crippen LogP) is 2.99. The Morgan fingerprint density at radius 3 is 2.33 bits per heavy atom. The first-order valence-corrected chi connectivity index (χ1v) is 7.85. The number of hydrogen-bond acceptors (Lipinski definition) is 3. The molecule has 1 unspecified atom stereocenters. The van der Waals surface area contributed by atoms with Crippen molar-refractivity contribution in [2.24, 2.45) is 0 Å². The number of aliphatic hydroxyl groups is 1. The van der Waals surface area contributed by atoms with E-state index in [0.29, 0.717) is 5.56 Å². The van der Waals surface area contributed by atoms with Gasteiger partial charge in [0.25, 0.3) is 10.0 Å². The second kappa shape index (κ2) is 5.83. The van der Waals surface area contributed by atoms with Gasteiger partial charge in [0, 0.05) is 5.56 Å². The van der Waals surface area contributed by atoms with Crippen LogP contribution in [0.3, 0.4) is 0 Å². The molecule has 2 aromatic carbocycles. The molecule has 112 valence electrons. The summed E-state index contributed by atoms with van der Waals surface area (Å²) in [5.41, 5.74) is 1.06. The van der Waals surface area contributed by atoms with Gasteiger partial charge in [0.2, 0.25) is 0 Å². The third kappa shape index (κ3) is 3.40. The molecule has 1 atom stereocenters. The van der Waals surface area contributed by atoms with Gasteiger partial charge in [0.05, 0.1) is 16.7 Å². The minimum Gasteiger partial charge on any atom is -0.389 e. The Balaban J connectivity index is 2.32. The zero-order valence-corrected chi connectivity index (χ0v) is 12.5. The lowest BCUT2D eigenvalue weighted by molar-refractivity contribution is 0.199. The number of benzene rings is 2. The monoisotopic (exact) mass is 309 g/mol. The summed E-state index contributed by atoms with van der Waals surface area (Å²) < 4.78 is 40.3. The van der Waals surface area contributed by atoms with Crippen LogP contribution in [0.4, 0.5) is 10.1 Å². The summed E-state index contributed by atoms with van der Waals surface area (Å²) in [4.78, 5) is 0.0514. The zero-order chi connectivity index (χ0) is 15.6. The molecule has 0 saturated carbocycles. The van der Waals surface area contributed by atoms with Crippen molar-refractivity contribution >= 4 is 15.7 Å². The van der Waals surface area contributed by atoms with Crippen LogP contribution in [0.2, 0.25) is 0 Å². The van der Waals surface area contributed by atoms with Crippen LogP contribution in [0.5, 0.6) is 0 Å². The highest BCUT2D eigenvalue weighted by molar-refractivity contribution is 7.92. The van der Waals surface area contributed by atoms with Gasteiger partial charge in [0.1, 0.15) is 5.82 Å². The van der Waals surface area contributed by atoms with E-state index in [1.807, 2.05) is 0 Å². The van der Waals surface area contributed by atoms with Gasteiger partial charge >= 0.3 is 0 Å². The predicted molar refractivity (Wildman–Crippen MR) is 79.0 cm³/mol. The van der Waals surface area contributed by atoms with E-state index in [9.17, 15) is 17.9 Å². The first-order chi connectivity index (χ1) is 9.81. The fraction of sp³-hybridized carbons (Fsp3) is 0.200. The van der Waals surface area contributed by atoms with Gasteiger partial charge in [0.15, 0.2) is 0 Å². The molecule has 0 aliphatic heterocycles. The SMILES string of the molecule is Cc1c(F)cccc1NS(=O)(=O)c1ccc(C(C)O)cc1. The molecule has 0 saturated heterocycles. The first kappa shape index (κ1) is 15.5. The van der Waals surface area contributed by atoms with E-state index in [0.717, 1.165) is 0 Å². The fourth-order valence-corrected chi connectivity index (χ4v) is 2.97. The standard InChI is InChI=1S/C15H16FNO3S/c1-10-14(16)4-3-5-15(10)17-21(19,20)13-8-6-12(7-9-13)11(2)18/h3-9,11,17-18H,1-2H3. The summed E-state index contributed by atoms with van der Waals surface area (Å²) in [6.45, 7) is 3.10. The minimum absolute atomic E-state index is 0.0514. The fourth-order valence-electron chi connectivity index (χ4n) is 1.85. The smallest absolute Gasteiger partial charge is 0.261 e. The molecule has 0 bridgehead atoms. The maximum absolute atomic E-state index is 13.4. The van der Waals surface area contributed by atoms with Crippen LogP contribution in [-0.2, 0) is 10.0 Å². The topological polar surface area (TPSA) is 66.4 Å². The van der Waals surface area contributed by atoms with E-state index in [1.165, 1.54) is 49.4 Å². The molecule has 0 heterocycles. The summed E-state index contributed by atoms with van der Waals surface area (Å²) in [7, 11) is -3.79. The molecule has 0 spiro atoms. The summed E-state index contributed by atoms with van der Waals surface area (Å²) in [6, 6.07) is 10.1. The number of sulfonamides is 1. The number of nitrogens with one attached hydrogen (secondary N) is 1. The highest BCUT2D eigenvalue weighted by Gasteiger charge is 2.16. The molecule has 0 amide bonds. The maximum atomic E-state index is 13.4. The molecular formula is C15H16FNO3S. The lowest BCUT2D eigenvalue weighted by Gasteiger charge is -2.12. The zero-order valence-electron chi connectivity index (χ0n) is 11.7. The van der Waals surface area contributed by atoms with Gasteiger partial charge in [-0.25, -0.2) is 12.8 Å². The Hall–Kier alpha value is -1.92. The van der Waals surface area contributed by atoms with Crippen molar-refractivity contribution < 1.29 is 17.9 Å². The number of anilines is 1. The van der Waals surface area contributed by atoms with Crippen LogP contribution in [0.15, 0.2) is 47.4 Å². The van der Waals surface area contributed by atoms with Crippen molar-refractivity contribution in [3.8, 4) is 0 Å². The average Bonchev–Trinajstić information content (AvgIpc) is 2.44. The van der Waals surface area contributed by atoms with Crippen LogP contribution in [0, 0.1) is 12.7 Å². The molecule has 0 aliphatic carbocycles. The summed E-state index contributed by atoms with van der Waals surface area (Å²) in [5.74, 6) is -0.473. The van der Waals surface area contributed by atoms with Gasteiger partial charge in [-0.1, -0.05) is 18.2 Å². The van der Waals surface area contributed by atoms with E-state index in [1.54, 1.807) is 6.92 Å². The Morgan fingerprint density at radius 1 is 1.14 bits per heavy atom. The van der Waals surface area contributed by atoms with Crippen molar-refractivity contribution in [3.63, 3.8) is 0 Å². The quantitative estimate of drug-likeness (QED) is 0.912. The van der Waals surface area contributed by atoms with Crippen LogP contribution in [0.1, 0.15) is 24.2 Å². The third-order valence-electron chi connectivity index (χ3n) is 3.18. The molecule has 0 aromatic heterocycles. The maximum Gasteiger partial charge on any atom is 0.261 e. The Bertz CT molecular complexity index is 740. The van der Waals surface area contributed by atoms with Crippen molar-refractivity contribution in [1.82, 2.24) is 0 Å². The second-order valence-corrected chi connectivity index (χ2v) is 6.45. The van der Waals surface area contributed by atoms with Gasteiger partial charge in [-0.2, -0.15) is 0 Å². The van der Waals surface area contributed by atoms with E-state index >= 15 is 0 Å². The normalized spacial score (nSPS) is 13.0. The van der Waals surface area contributed by atoms with E-state index in [4.69, 9.17) is 0 Å². The minimum atomic E-state index is -3.79. The summed E-state index contributed by atoms with van der Waals surface area (Å²) in [5, 5.41) is 9.41. The van der Waals surface area contributed by atoms with Crippen molar-refractivity contribution in [2.75, 3.05) is 4.72 Å². The van der Waals surface area contributed by atoms with Gasteiger partial charge in [-0.3, -0.25) is 4.72 Å². The van der Waals surface area contributed by atoms with Gasteiger partial charge in [-0.05, 0) is 43.7 Å². The Labute approximate surface area is 123 Å². The molecule has 2 rings (SSSR count). The first-order valence-electron chi connectivity index (χ1n) is 6.37. The van der Waals surface area contributed by atoms with Crippen molar-refractivity contribution in [2.45, 2.75) is 24.8 Å². The van der Waals surface area contributed by atoms with Crippen molar-refractivity contribution in [3.05, 3.63) is 59.4 Å². The van der Waals surface area contributed by atoms with E-state index in [-0.39, 0.29) is 16.1 Å². The van der Waals surface area contributed by atoms with Crippen molar-refractivity contribution in [1.29, 1.82) is 0 Å². The lowest BCUT2D eigenvalue weighted by atomic mass is 10.1. The average molecular weight is 309 g/mol. The third-order valence-corrected chi connectivity index (χ3v) is 4.57. The van der Waals surface area contributed by atoms with Crippen LogP contribution in [0.25, 0.3) is 0 Å². The molecule has 0 fully saturated rings. The molecule has 6 heteroatoms. The highest BCUT2D eigenvalue weighted by atomic mass is 32.2. The van der Waals surface area contributed by atoms with Gasteiger partial charge < -0.3 is 5.11 Å².